The molecular weight excluding hydrogens is 214 g/mol. The highest BCUT2D eigenvalue weighted by molar-refractivity contribution is 5.80. The minimum absolute atomic E-state index is 0.270. The summed E-state index contributed by atoms with van der Waals surface area (Å²) in [7, 11) is 4.03. The number of rotatable bonds is 7. The Morgan fingerprint density at radius 1 is 1.24 bits per heavy atom. The lowest BCUT2D eigenvalue weighted by Crippen LogP contribution is -2.19. The third kappa shape index (κ3) is 5.50. The van der Waals surface area contributed by atoms with Gasteiger partial charge in [0.15, 0.2) is 0 Å². The van der Waals surface area contributed by atoms with Crippen LogP contribution in [-0.2, 0) is 11.2 Å². The van der Waals surface area contributed by atoms with Gasteiger partial charge in [-0.3, -0.25) is 4.79 Å². The minimum atomic E-state index is 0.270. The molecule has 0 amide bonds. The third-order valence-electron chi connectivity index (χ3n) is 2.53. The molecule has 0 saturated carbocycles. The van der Waals surface area contributed by atoms with Crippen LogP contribution in [0.1, 0.15) is 18.9 Å². The van der Waals surface area contributed by atoms with E-state index in [2.05, 4.69) is 4.90 Å². The van der Waals surface area contributed by atoms with E-state index >= 15 is 0 Å². The van der Waals surface area contributed by atoms with Crippen LogP contribution in [0.2, 0.25) is 0 Å². The van der Waals surface area contributed by atoms with E-state index in [0.717, 1.165) is 17.9 Å². The first-order chi connectivity index (χ1) is 8.11. The number of benzene rings is 1. The predicted molar refractivity (Wildman–Crippen MR) is 69.5 cm³/mol. The summed E-state index contributed by atoms with van der Waals surface area (Å²) in [5.74, 6) is 1.13. The van der Waals surface area contributed by atoms with E-state index in [0.29, 0.717) is 19.4 Å². The van der Waals surface area contributed by atoms with Crippen LogP contribution in [0.3, 0.4) is 0 Å². The Morgan fingerprint density at radius 3 is 2.41 bits per heavy atom. The van der Waals surface area contributed by atoms with Gasteiger partial charge >= 0.3 is 0 Å². The van der Waals surface area contributed by atoms with Gasteiger partial charge in [-0.2, -0.15) is 0 Å². The van der Waals surface area contributed by atoms with Gasteiger partial charge in [0.1, 0.15) is 18.1 Å². The van der Waals surface area contributed by atoms with Crippen molar-refractivity contribution < 1.29 is 9.53 Å². The Hall–Kier alpha value is -1.35. The van der Waals surface area contributed by atoms with Crippen molar-refractivity contribution in [2.45, 2.75) is 19.8 Å². The Kier molecular flexibility index (Phi) is 5.70. The molecule has 0 spiro atoms. The van der Waals surface area contributed by atoms with E-state index in [1.165, 1.54) is 0 Å². The summed E-state index contributed by atoms with van der Waals surface area (Å²) in [6.07, 6.45) is 1.12. The summed E-state index contributed by atoms with van der Waals surface area (Å²) in [6.45, 7) is 3.47. The van der Waals surface area contributed by atoms with Crippen molar-refractivity contribution in [3.8, 4) is 5.75 Å². The normalized spacial score (nSPS) is 10.6. The maximum Gasteiger partial charge on any atom is 0.136 e. The maximum absolute atomic E-state index is 11.3. The molecule has 0 aliphatic rings. The average Bonchev–Trinajstić information content (AvgIpc) is 2.31. The van der Waals surface area contributed by atoms with E-state index < -0.39 is 0 Å². The van der Waals surface area contributed by atoms with Crippen molar-refractivity contribution in [3.63, 3.8) is 0 Å². The van der Waals surface area contributed by atoms with E-state index in [-0.39, 0.29) is 5.78 Å². The Morgan fingerprint density at radius 2 is 1.88 bits per heavy atom. The second-order valence-corrected chi connectivity index (χ2v) is 4.36. The highest BCUT2D eigenvalue weighted by Gasteiger charge is 2.01. The molecule has 1 aromatic carbocycles. The molecule has 3 nitrogen and oxygen atoms in total. The maximum atomic E-state index is 11.3. The lowest BCUT2D eigenvalue weighted by Gasteiger charge is -2.11. The molecule has 0 atom stereocenters. The van der Waals surface area contributed by atoms with Crippen LogP contribution in [0.15, 0.2) is 24.3 Å². The zero-order chi connectivity index (χ0) is 12.7. The fourth-order valence-corrected chi connectivity index (χ4v) is 1.40. The summed E-state index contributed by atoms with van der Waals surface area (Å²) in [6, 6.07) is 7.76. The number of hydrogen-bond acceptors (Lipinski definition) is 3. The monoisotopic (exact) mass is 235 g/mol. The van der Waals surface area contributed by atoms with Gasteiger partial charge in [-0.1, -0.05) is 19.1 Å². The number of ether oxygens (including phenoxy) is 1. The molecule has 0 N–H and O–H groups in total. The molecule has 0 fully saturated rings. The standard InChI is InChI=1S/C14H21NO2/c1-4-13(16)11-12-5-7-14(8-6-12)17-10-9-15(2)3/h5-8H,4,9-11H2,1-3H3. The molecule has 1 rings (SSSR count). The number of carbonyl (C=O) groups is 1. The number of likely N-dealkylation sites (N-methyl/N-ethyl adjacent to an activating group) is 1. The lowest BCUT2D eigenvalue weighted by atomic mass is 10.1. The van der Waals surface area contributed by atoms with Crippen molar-refractivity contribution in [3.05, 3.63) is 29.8 Å². The van der Waals surface area contributed by atoms with Gasteiger partial charge in [-0.05, 0) is 31.8 Å². The van der Waals surface area contributed by atoms with Crippen molar-refractivity contribution in [2.24, 2.45) is 0 Å². The van der Waals surface area contributed by atoms with Gasteiger partial charge in [-0.15, -0.1) is 0 Å². The molecule has 0 aliphatic carbocycles. The predicted octanol–water partition coefficient (Wildman–Crippen LogP) is 2.15. The molecule has 3 heteroatoms. The van der Waals surface area contributed by atoms with Crippen molar-refractivity contribution in [1.82, 2.24) is 4.90 Å². The van der Waals surface area contributed by atoms with Crippen LogP contribution < -0.4 is 4.74 Å². The molecule has 1 aromatic rings. The summed E-state index contributed by atoms with van der Waals surface area (Å²) in [4.78, 5) is 13.4. The minimum Gasteiger partial charge on any atom is -0.492 e. The van der Waals surface area contributed by atoms with Crippen LogP contribution in [0.25, 0.3) is 0 Å². The van der Waals surface area contributed by atoms with Crippen molar-refractivity contribution in [1.29, 1.82) is 0 Å². The number of nitrogens with zero attached hydrogens (tertiary/aromatic N) is 1. The van der Waals surface area contributed by atoms with Crippen LogP contribution in [-0.4, -0.2) is 37.9 Å². The van der Waals surface area contributed by atoms with E-state index in [1.807, 2.05) is 45.3 Å². The molecule has 0 bridgehead atoms. The topological polar surface area (TPSA) is 29.5 Å². The van der Waals surface area contributed by atoms with Gasteiger partial charge in [0.2, 0.25) is 0 Å². The Bertz CT molecular complexity index is 344. The number of carbonyl (C=O) groups excluding carboxylic acids is 1. The SMILES string of the molecule is CCC(=O)Cc1ccc(OCCN(C)C)cc1. The molecule has 17 heavy (non-hydrogen) atoms. The summed E-state index contributed by atoms with van der Waals surface area (Å²) in [5.41, 5.74) is 1.05. The van der Waals surface area contributed by atoms with Crippen LogP contribution in [0.5, 0.6) is 5.75 Å². The number of hydrogen-bond donors (Lipinski definition) is 0. The average molecular weight is 235 g/mol. The molecule has 0 aromatic heterocycles. The first-order valence-corrected chi connectivity index (χ1v) is 6.00. The summed E-state index contributed by atoms with van der Waals surface area (Å²) < 4.78 is 5.58. The molecule has 0 saturated heterocycles. The van der Waals surface area contributed by atoms with E-state index in [4.69, 9.17) is 4.74 Å². The van der Waals surface area contributed by atoms with Crippen LogP contribution in [0, 0.1) is 0 Å². The smallest absolute Gasteiger partial charge is 0.136 e. The first-order valence-electron chi connectivity index (χ1n) is 6.00. The largest absolute Gasteiger partial charge is 0.492 e. The van der Waals surface area contributed by atoms with Gasteiger partial charge < -0.3 is 9.64 Å². The zero-order valence-corrected chi connectivity index (χ0v) is 10.9. The molecule has 0 aliphatic heterocycles. The van der Waals surface area contributed by atoms with Crippen LogP contribution in [0.4, 0.5) is 0 Å². The molecular formula is C14H21NO2. The Balaban J connectivity index is 2.42. The van der Waals surface area contributed by atoms with Gasteiger partial charge in [0.05, 0.1) is 0 Å². The molecule has 0 heterocycles. The summed E-state index contributed by atoms with van der Waals surface area (Å²) >= 11 is 0. The van der Waals surface area contributed by atoms with E-state index in [1.54, 1.807) is 0 Å². The first kappa shape index (κ1) is 13.7. The highest BCUT2D eigenvalue weighted by atomic mass is 16.5. The fraction of sp³-hybridized carbons (Fsp3) is 0.500. The Labute approximate surface area is 103 Å². The third-order valence-corrected chi connectivity index (χ3v) is 2.53. The van der Waals surface area contributed by atoms with Gasteiger partial charge in [0, 0.05) is 19.4 Å². The number of Topliss-reactive ketones (excluding diaryl/α,β-unsaturated/α-hetero) is 1. The quantitative estimate of drug-likeness (QED) is 0.725. The number of ketones is 1. The second-order valence-electron chi connectivity index (χ2n) is 4.36. The molecule has 0 radical (unpaired) electrons. The molecule has 94 valence electrons. The molecule has 0 unspecified atom stereocenters. The van der Waals surface area contributed by atoms with Gasteiger partial charge in [0.25, 0.3) is 0 Å². The highest BCUT2D eigenvalue weighted by Crippen LogP contribution is 2.13. The summed E-state index contributed by atoms with van der Waals surface area (Å²) in [5, 5.41) is 0. The van der Waals surface area contributed by atoms with Crippen molar-refractivity contribution >= 4 is 5.78 Å². The van der Waals surface area contributed by atoms with Crippen molar-refractivity contribution in [2.75, 3.05) is 27.2 Å². The lowest BCUT2D eigenvalue weighted by molar-refractivity contribution is -0.118. The zero-order valence-electron chi connectivity index (χ0n) is 10.9. The fourth-order valence-electron chi connectivity index (χ4n) is 1.40. The van der Waals surface area contributed by atoms with Crippen LogP contribution >= 0.6 is 0 Å². The van der Waals surface area contributed by atoms with Gasteiger partial charge in [-0.25, -0.2) is 0 Å². The second kappa shape index (κ2) is 7.07. The van der Waals surface area contributed by atoms with E-state index in [9.17, 15) is 4.79 Å².